The summed E-state index contributed by atoms with van der Waals surface area (Å²) in [6, 6.07) is 6.43. The van der Waals surface area contributed by atoms with Crippen molar-refractivity contribution in [1.29, 1.82) is 0 Å². The second-order valence-electron chi connectivity index (χ2n) is 8.22. The van der Waals surface area contributed by atoms with Gasteiger partial charge < -0.3 is 21.2 Å². The van der Waals surface area contributed by atoms with E-state index < -0.39 is 18.1 Å². The molecule has 5 N–H and O–H groups in total. The summed E-state index contributed by atoms with van der Waals surface area (Å²) in [6.07, 6.45) is 7.19. The fraction of sp³-hybridized carbons (Fsp3) is 0.545. The lowest BCUT2D eigenvalue weighted by Gasteiger charge is -2.43. The third kappa shape index (κ3) is 6.04. The topological polar surface area (TPSA) is 137 Å². The third-order valence-corrected chi connectivity index (χ3v) is 6.14. The number of nitrogens with one attached hydrogen (secondary N) is 2. The number of hydrogen-bond donors (Lipinski definition) is 4. The summed E-state index contributed by atoms with van der Waals surface area (Å²) < 4.78 is 0. The van der Waals surface area contributed by atoms with Crippen LogP contribution in [0.1, 0.15) is 49.7 Å². The number of rotatable bonds is 9. The molecule has 0 radical (unpaired) electrons. The average molecular weight is 430 g/mol. The van der Waals surface area contributed by atoms with E-state index >= 15 is 0 Å². The Morgan fingerprint density at radius 2 is 1.87 bits per heavy atom. The summed E-state index contributed by atoms with van der Waals surface area (Å²) in [5.41, 5.74) is 1.80. The molecule has 1 heterocycles. The van der Waals surface area contributed by atoms with Crippen LogP contribution < -0.4 is 16.5 Å². The molecule has 2 amide bonds. The maximum Gasteiger partial charge on any atom is 0.317 e. The molecule has 168 valence electrons. The molecule has 0 bridgehead atoms. The maximum absolute atomic E-state index is 13.2. The molecule has 1 aliphatic heterocycles. The van der Waals surface area contributed by atoms with E-state index in [0.29, 0.717) is 19.5 Å². The van der Waals surface area contributed by atoms with Crippen LogP contribution in [0.3, 0.4) is 0 Å². The quantitative estimate of drug-likeness (QED) is 0.261. The lowest BCUT2D eigenvalue weighted by molar-refractivity contribution is -0.150. The molecule has 1 saturated carbocycles. The van der Waals surface area contributed by atoms with E-state index in [1.807, 2.05) is 24.3 Å². The third-order valence-electron chi connectivity index (χ3n) is 6.14. The molecule has 9 heteroatoms. The van der Waals surface area contributed by atoms with Crippen LogP contribution in [-0.4, -0.2) is 59.2 Å². The van der Waals surface area contributed by atoms with Gasteiger partial charge in [0.1, 0.15) is 6.04 Å². The number of carbonyl (C=O) groups is 3. The number of carboxylic acids is 1. The Bertz CT molecular complexity index is 805. The predicted molar refractivity (Wildman–Crippen MR) is 116 cm³/mol. The number of carboxylic acid groups (broad SMARTS) is 1. The van der Waals surface area contributed by atoms with Crippen LogP contribution >= 0.6 is 0 Å². The van der Waals surface area contributed by atoms with E-state index in [0.717, 1.165) is 43.2 Å². The van der Waals surface area contributed by atoms with Crippen LogP contribution in [0.15, 0.2) is 29.4 Å². The van der Waals surface area contributed by atoms with E-state index in [1.165, 1.54) is 0 Å². The van der Waals surface area contributed by atoms with Crippen LogP contribution in [0.5, 0.6) is 0 Å². The minimum Gasteiger partial charge on any atom is -0.480 e. The number of hydrazone groups is 1. The Kier molecular flexibility index (Phi) is 8.00. The summed E-state index contributed by atoms with van der Waals surface area (Å²) in [5.74, 6) is 3.91. The Morgan fingerprint density at radius 1 is 1.16 bits per heavy atom. The molecule has 1 aromatic rings. The van der Waals surface area contributed by atoms with Gasteiger partial charge in [-0.05, 0) is 36.3 Å². The van der Waals surface area contributed by atoms with Gasteiger partial charge in [-0.15, -0.1) is 0 Å². The lowest BCUT2D eigenvalue weighted by Crippen LogP contribution is -2.63. The zero-order chi connectivity index (χ0) is 22.2. The van der Waals surface area contributed by atoms with Crippen molar-refractivity contribution in [3.05, 3.63) is 35.4 Å². The van der Waals surface area contributed by atoms with Crippen molar-refractivity contribution in [2.75, 3.05) is 13.1 Å². The number of hydrogen-bond acceptors (Lipinski definition) is 6. The van der Waals surface area contributed by atoms with Gasteiger partial charge in [0, 0.05) is 13.1 Å². The molecule has 2 aliphatic rings. The summed E-state index contributed by atoms with van der Waals surface area (Å²) in [7, 11) is 0. The SMILES string of the molecule is N/N=C/c1ccc(CNC(=O)[C@@H]2CCN2C(=O)[C@H](NCC(=O)O)C2CCCCC2)cc1. The molecule has 0 spiro atoms. The van der Waals surface area contributed by atoms with Crippen molar-refractivity contribution < 1.29 is 19.5 Å². The van der Waals surface area contributed by atoms with Crippen molar-refractivity contribution in [2.24, 2.45) is 16.9 Å². The molecule has 3 rings (SSSR count). The van der Waals surface area contributed by atoms with Gasteiger partial charge in [-0.2, -0.15) is 5.10 Å². The number of nitrogens with two attached hydrogens (primary N) is 1. The van der Waals surface area contributed by atoms with E-state index in [1.54, 1.807) is 11.1 Å². The summed E-state index contributed by atoms with van der Waals surface area (Å²) in [6.45, 7) is 0.616. The molecule has 9 nitrogen and oxygen atoms in total. The molecule has 31 heavy (non-hydrogen) atoms. The highest BCUT2D eigenvalue weighted by molar-refractivity contribution is 5.91. The first-order chi connectivity index (χ1) is 15.0. The molecule has 0 unspecified atom stereocenters. The fourth-order valence-electron chi connectivity index (χ4n) is 4.34. The number of nitrogens with zero attached hydrogens (tertiary/aromatic N) is 2. The second-order valence-corrected chi connectivity index (χ2v) is 8.22. The van der Waals surface area contributed by atoms with Crippen LogP contribution in [0.2, 0.25) is 0 Å². The van der Waals surface area contributed by atoms with E-state index in [9.17, 15) is 14.4 Å². The first-order valence-electron chi connectivity index (χ1n) is 10.8. The highest BCUT2D eigenvalue weighted by Gasteiger charge is 2.42. The molecule has 1 aromatic carbocycles. The highest BCUT2D eigenvalue weighted by atomic mass is 16.4. The number of likely N-dealkylation sites (tertiary alicyclic amines) is 1. The van der Waals surface area contributed by atoms with Gasteiger partial charge >= 0.3 is 5.97 Å². The average Bonchev–Trinajstić information content (AvgIpc) is 2.73. The van der Waals surface area contributed by atoms with E-state index in [-0.39, 0.29) is 24.3 Å². The Morgan fingerprint density at radius 3 is 2.45 bits per heavy atom. The van der Waals surface area contributed by atoms with Crippen LogP contribution in [0.25, 0.3) is 0 Å². The van der Waals surface area contributed by atoms with Crippen molar-refractivity contribution in [3.63, 3.8) is 0 Å². The monoisotopic (exact) mass is 429 g/mol. The molecule has 2 fully saturated rings. The number of carbonyl (C=O) groups excluding carboxylic acids is 2. The van der Waals surface area contributed by atoms with Crippen LogP contribution in [0, 0.1) is 5.92 Å². The summed E-state index contributed by atoms with van der Waals surface area (Å²) >= 11 is 0. The Balaban J connectivity index is 1.57. The second kappa shape index (κ2) is 10.9. The zero-order valence-corrected chi connectivity index (χ0v) is 17.6. The van der Waals surface area contributed by atoms with Crippen molar-refractivity contribution in [1.82, 2.24) is 15.5 Å². The van der Waals surface area contributed by atoms with Crippen LogP contribution in [-0.2, 0) is 20.9 Å². The zero-order valence-electron chi connectivity index (χ0n) is 17.6. The fourth-order valence-corrected chi connectivity index (χ4v) is 4.34. The van der Waals surface area contributed by atoms with Crippen molar-refractivity contribution in [3.8, 4) is 0 Å². The van der Waals surface area contributed by atoms with Gasteiger partial charge in [0.15, 0.2) is 0 Å². The van der Waals surface area contributed by atoms with Gasteiger partial charge in [0.25, 0.3) is 0 Å². The van der Waals surface area contributed by atoms with Gasteiger partial charge in [-0.3, -0.25) is 19.7 Å². The largest absolute Gasteiger partial charge is 0.480 e. The summed E-state index contributed by atoms with van der Waals surface area (Å²) in [5, 5.41) is 18.4. The first kappa shape index (κ1) is 22.7. The van der Waals surface area contributed by atoms with Gasteiger partial charge in [0.2, 0.25) is 11.8 Å². The predicted octanol–water partition coefficient (Wildman–Crippen LogP) is 0.819. The van der Waals surface area contributed by atoms with Crippen molar-refractivity contribution >= 4 is 24.0 Å². The molecule has 0 aromatic heterocycles. The molecular weight excluding hydrogens is 398 g/mol. The lowest BCUT2D eigenvalue weighted by atomic mass is 9.82. The Labute approximate surface area is 182 Å². The maximum atomic E-state index is 13.2. The van der Waals surface area contributed by atoms with Crippen molar-refractivity contribution in [2.45, 2.75) is 57.2 Å². The van der Waals surface area contributed by atoms with Gasteiger partial charge in [-0.25, -0.2) is 0 Å². The number of benzene rings is 1. The van der Waals surface area contributed by atoms with Gasteiger partial charge in [0.05, 0.1) is 18.8 Å². The standard InChI is InChI=1S/C22H31N5O4/c23-26-13-16-8-6-15(7-9-16)12-25-21(30)18-10-11-27(18)22(31)20(24-14-19(28)29)17-4-2-1-3-5-17/h6-9,13,17-18,20,24H,1-5,10-12,14,23H2,(H,25,30)(H,28,29)/b26-13+/t18-,20+/m0/s1. The summed E-state index contributed by atoms with van der Waals surface area (Å²) in [4.78, 5) is 38.5. The molecule has 1 aliphatic carbocycles. The molecular formula is C22H31N5O4. The smallest absolute Gasteiger partial charge is 0.317 e. The Hall–Kier alpha value is -2.94. The van der Waals surface area contributed by atoms with Gasteiger partial charge in [-0.1, -0.05) is 43.5 Å². The number of aliphatic carboxylic acids is 1. The molecule has 2 atom stereocenters. The minimum absolute atomic E-state index is 0.112. The first-order valence-corrected chi connectivity index (χ1v) is 10.8. The minimum atomic E-state index is -0.990. The normalized spacial score (nSPS) is 20.3. The van der Waals surface area contributed by atoms with E-state index in [2.05, 4.69) is 15.7 Å². The number of amides is 2. The van der Waals surface area contributed by atoms with E-state index in [4.69, 9.17) is 10.9 Å². The van der Waals surface area contributed by atoms with Crippen LogP contribution in [0.4, 0.5) is 0 Å². The highest BCUT2D eigenvalue weighted by Crippen LogP contribution is 2.29. The molecule has 1 saturated heterocycles.